The van der Waals surface area contributed by atoms with Crippen molar-refractivity contribution in [1.82, 2.24) is 9.80 Å². The molecule has 154 valence electrons. The lowest BCUT2D eigenvalue weighted by Crippen LogP contribution is -2.46. The molecular formula is C24H30N2O3. The van der Waals surface area contributed by atoms with Crippen molar-refractivity contribution in [2.24, 2.45) is 0 Å². The largest absolute Gasteiger partial charge is 0.493 e. The van der Waals surface area contributed by atoms with Crippen LogP contribution in [0.5, 0.6) is 11.5 Å². The molecule has 2 fully saturated rings. The highest BCUT2D eigenvalue weighted by atomic mass is 16.5. The van der Waals surface area contributed by atoms with E-state index in [0.29, 0.717) is 12.0 Å². The molecule has 1 amide bonds. The lowest BCUT2D eigenvalue weighted by Gasteiger charge is -2.37. The summed E-state index contributed by atoms with van der Waals surface area (Å²) >= 11 is 0. The van der Waals surface area contributed by atoms with Crippen LogP contribution in [0.2, 0.25) is 0 Å². The number of hydrogen-bond donors (Lipinski definition) is 0. The first kappa shape index (κ1) is 19.8. The van der Waals surface area contributed by atoms with Gasteiger partial charge in [-0.1, -0.05) is 30.3 Å². The standard InChI is InChI=1S/C24H30N2O3/c1-28-22-10-6-9-21(23(22)29-2)19-11-14-26(17-19)20-12-15-25(16-13-20)24(27)18-7-4-3-5-8-18/h3-10,19-20H,11-17H2,1-2H3. The molecule has 1 unspecified atom stereocenters. The number of carbonyl (C=O) groups excluding carboxylic acids is 1. The van der Waals surface area contributed by atoms with E-state index >= 15 is 0 Å². The fourth-order valence-electron chi connectivity index (χ4n) is 4.80. The van der Waals surface area contributed by atoms with Crippen LogP contribution >= 0.6 is 0 Å². The maximum atomic E-state index is 12.7. The first-order valence-electron chi connectivity index (χ1n) is 10.5. The van der Waals surface area contributed by atoms with E-state index in [-0.39, 0.29) is 5.91 Å². The number of nitrogens with zero attached hydrogens (tertiary/aromatic N) is 2. The van der Waals surface area contributed by atoms with Crippen LogP contribution in [0.3, 0.4) is 0 Å². The number of rotatable bonds is 5. The van der Waals surface area contributed by atoms with E-state index in [4.69, 9.17) is 9.47 Å². The predicted octanol–water partition coefficient (Wildman–Crippen LogP) is 3.80. The molecule has 2 saturated heterocycles. The molecule has 2 heterocycles. The van der Waals surface area contributed by atoms with Crippen LogP contribution in [-0.2, 0) is 0 Å². The Morgan fingerprint density at radius 1 is 0.897 bits per heavy atom. The van der Waals surface area contributed by atoms with E-state index in [1.165, 1.54) is 5.56 Å². The van der Waals surface area contributed by atoms with Gasteiger partial charge in [-0.3, -0.25) is 9.69 Å². The van der Waals surface area contributed by atoms with Gasteiger partial charge in [-0.05, 0) is 44.0 Å². The average molecular weight is 395 g/mol. The molecule has 1 atom stereocenters. The fraction of sp³-hybridized carbons (Fsp3) is 0.458. The van der Waals surface area contributed by atoms with Gasteiger partial charge in [-0.2, -0.15) is 0 Å². The number of amides is 1. The van der Waals surface area contributed by atoms with Crippen molar-refractivity contribution in [3.63, 3.8) is 0 Å². The molecule has 4 rings (SSSR count). The molecule has 5 nitrogen and oxygen atoms in total. The van der Waals surface area contributed by atoms with Gasteiger partial charge in [0.2, 0.25) is 0 Å². The van der Waals surface area contributed by atoms with Crippen molar-refractivity contribution in [3.05, 3.63) is 59.7 Å². The third-order valence-electron chi connectivity index (χ3n) is 6.38. The molecule has 5 heteroatoms. The van der Waals surface area contributed by atoms with Gasteiger partial charge < -0.3 is 14.4 Å². The molecule has 2 aliphatic rings. The molecule has 0 N–H and O–H groups in total. The number of piperidine rings is 1. The van der Waals surface area contributed by atoms with Crippen LogP contribution in [-0.4, -0.2) is 62.1 Å². The number of para-hydroxylation sites is 1. The topological polar surface area (TPSA) is 42.0 Å². The van der Waals surface area contributed by atoms with Crippen molar-refractivity contribution in [2.75, 3.05) is 40.4 Å². The molecule has 2 aromatic carbocycles. The number of likely N-dealkylation sites (tertiary alicyclic amines) is 2. The summed E-state index contributed by atoms with van der Waals surface area (Å²) < 4.78 is 11.1. The Balaban J connectivity index is 1.36. The lowest BCUT2D eigenvalue weighted by molar-refractivity contribution is 0.0643. The van der Waals surface area contributed by atoms with Gasteiger partial charge in [0, 0.05) is 42.7 Å². The number of hydrogen-bond acceptors (Lipinski definition) is 4. The zero-order chi connectivity index (χ0) is 20.2. The summed E-state index contributed by atoms with van der Waals surface area (Å²) in [5, 5.41) is 0. The highest BCUT2D eigenvalue weighted by molar-refractivity contribution is 5.94. The lowest BCUT2D eigenvalue weighted by atomic mass is 9.96. The Morgan fingerprint density at radius 3 is 2.34 bits per heavy atom. The summed E-state index contributed by atoms with van der Waals surface area (Å²) in [5.41, 5.74) is 2.03. The van der Waals surface area contributed by atoms with E-state index in [0.717, 1.165) is 62.5 Å². The van der Waals surface area contributed by atoms with Crippen molar-refractivity contribution in [2.45, 2.75) is 31.2 Å². The van der Waals surface area contributed by atoms with E-state index < -0.39 is 0 Å². The molecule has 2 aliphatic heterocycles. The third-order valence-corrected chi connectivity index (χ3v) is 6.38. The van der Waals surface area contributed by atoms with E-state index in [2.05, 4.69) is 11.0 Å². The van der Waals surface area contributed by atoms with Crippen molar-refractivity contribution < 1.29 is 14.3 Å². The first-order chi connectivity index (χ1) is 14.2. The van der Waals surface area contributed by atoms with Crippen LogP contribution in [0.4, 0.5) is 0 Å². The fourth-order valence-corrected chi connectivity index (χ4v) is 4.80. The van der Waals surface area contributed by atoms with Gasteiger partial charge in [0.05, 0.1) is 14.2 Å². The summed E-state index contributed by atoms with van der Waals surface area (Å²) in [7, 11) is 3.40. The maximum Gasteiger partial charge on any atom is 0.253 e. The molecule has 0 saturated carbocycles. The van der Waals surface area contributed by atoms with Crippen LogP contribution in [0.25, 0.3) is 0 Å². The molecule has 0 radical (unpaired) electrons. The Labute approximate surface area is 173 Å². The minimum Gasteiger partial charge on any atom is -0.493 e. The van der Waals surface area contributed by atoms with Gasteiger partial charge in [0.15, 0.2) is 11.5 Å². The van der Waals surface area contributed by atoms with E-state index in [1.807, 2.05) is 47.4 Å². The smallest absolute Gasteiger partial charge is 0.253 e. The highest BCUT2D eigenvalue weighted by Gasteiger charge is 2.33. The second-order valence-electron chi connectivity index (χ2n) is 7.95. The third kappa shape index (κ3) is 4.10. The van der Waals surface area contributed by atoms with Crippen LogP contribution in [0.1, 0.15) is 41.1 Å². The van der Waals surface area contributed by atoms with Crippen molar-refractivity contribution >= 4 is 5.91 Å². The van der Waals surface area contributed by atoms with Crippen molar-refractivity contribution in [3.8, 4) is 11.5 Å². The van der Waals surface area contributed by atoms with Crippen LogP contribution < -0.4 is 9.47 Å². The quantitative estimate of drug-likeness (QED) is 0.774. The molecule has 2 aromatic rings. The van der Waals surface area contributed by atoms with Gasteiger partial charge >= 0.3 is 0 Å². The summed E-state index contributed by atoms with van der Waals surface area (Å²) in [6, 6.07) is 16.3. The molecule has 0 aromatic heterocycles. The second kappa shape index (κ2) is 8.87. The van der Waals surface area contributed by atoms with Crippen molar-refractivity contribution in [1.29, 1.82) is 0 Å². The zero-order valence-electron chi connectivity index (χ0n) is 17.3. The summed E-state index contributed by atoms with van der Waals surface area (Å²) in [4.78, 5) is 17.3. The summed E-state index contributed by atoms with van der Waals surface area (Å²) in [6.45, 7) is 3.81. The SMILES string of the molecule is COc1cccc(C2CCN(C3CCN(C(=O)c4ccccc4)CC3)C2)c1OC. The number of methoxy groups -OCH3 is 2. The Morgan fingerprint density at radius 2 is 1.66 bits per heavy atom. The molecule has 29 heavy (non-hydrogen) atoms. The van der Waals surface area contributed by atoms with Gasteiger partial charge in [0.1, 0.15) is 0 Å². The molecule has 0 spiro atoms. The monoisotopic (exact) mass is 394 g/mol. The predicted molar refractivity (Wildman–Crippen MR) is 114 cm³/mol. The van der Waals surface area contributed by atoms with Crippen LogP contribution in [0.15, 0.2) is 48.5 Å². The Hall–Kier alpha value is -2.53. The average Bonchev–Trinajstić information content (AvgIpc) is 3.28. The first-order valence-corrected chi connectivity index (χ1v) is 10.5. The summed E-state index contributed by atoms with van der Waals surface area (Å²) in [5.74, 6) is 2.29. The Kier molecular flexibility index (Phi) is 6.05. The van der Waals surface area contributed by atoms with E-state index in [9.17, 15) is 4.79 Å². The number of benzene rings is 2. The molecular weight excluding hydrogens is 364 g/mol. The zero-order valence-corrected chi connectivity index (χ0v) is 17.3. The highest BCUT2D eigenvalue weighted by Crippen LogP contribution is 2.40. The maximum absolute atomic E-state index is 12.7. The minimum absolute atomic E-state index is 0.157. The van der Waals surface area contributed by atoms with E-state index in [1.54, 1.807) is 14.2 Å². The molecule has 0 bridgehead atoms. The minimum atomic E-state index is 0.157. The van der Waals surface area contributed by atoms with Crippen LogP contribution in [0, 0.1) is 0 Å². The van der Waals surface area contributed by atoms with Gasteiger partial charge in [-0.15, -0.1) is 0 Å². The molecule has 0 aliphatic carbocycles. The Bertz CT molecular complexity index is 831. The summed E-state index contributed by atoms with van der Waals surface area (Å²) in [6.07, 6.45) is 3.22. The number of ether oxygens (including phenoxy) is 2. The van der Waals surface area contributed by atoms with Gasteiger partial charge in [-0.25, -0.2) is 0 Å². The number of carbonyl (C=O) groups is 1. The van der Waals surface area contributed by atoms with Gasteiger partial charge in [0.25, 0.3) is 5.91 Å². The normalized spacial score (nSPS) is 20.6. The second-order valence-corrected chi connectivity index (χ2v) is 7.95.